The van der Waals surface area contributed by atoms with Gasteiger partial charge < -0.3 is 4.90 Å². The number of para-hydroxylation sites is 1. The van der Waals surface area contributed by atoms with E-state index >= 15 is 0 Å². The Morgan fingerprint density at radius 3 is 2.39 bits per heavy atom. The summed E-state index contributed by atoms with van der Waals surface area (Å²) in [5.74, 6) is -0.232. The maximum Gasteiger partial charge on any atom is 0.139 e. The molecule has 0 amide bonds. The second-order valence-corrected chi connectivity index (χ2v) is 4.94. The van der Waals surface area contributed by atoms with Gasteiger partial charge in [-0.1, -0.05) is 25.1 Å². The zero-order valence-corrected chi connectivity index (χ0v) is 11.8. The second-order valence-electron chi connectivity index (χ2n) is 4.09. The van der Waals surface area contributed by atoms with Crippen LogP contribution in [0.15, 0.2) is 53.0 Å². The Morgan fingerprint density at radius 2 is 1.78 bits per heavy atom. The van der Waals surface area contributed by atoms with Crippen molar-refractivity contribution >= 4 is 27.3 Å². The maximum atomic E-state index is 13.6. The fourth-order valence-corrected chi connectivity index (χ4v) is 2.14. The Labute approximate surface area is 115 Å². The highest BCUT2D eigenvalue weighted by Crippen LogP contribution is 2.28. The van der Waals surface area contributed by atoms with Crippen LogP contribution in [0.4, 0.5) is 15.8 Å². The van der Waals surface area contributed by atoms with E-state index in [1.165, 1.54) is 0 Å². The highest BCUT2D eigenvalue weighted by atomic mass is 79.9. The van der Waals surface area contributed by atoms with Crippen molar-refractivity contribution in [2.24, 2.45) is 0 Å². The molecule has 18 heavy (non-hydrogen) atoms. The van der Waals surface area contributed by atoms with Crippen LogP contribution in [0.25, 0.3) is 0 Å². The van der Waals surface area contributed by atoms with Crippen molar-refractivity contribution in [3.8, 4) is 0 Å². The van der Waals surface area contributed by atoms with Crippen molar-refractivity contribution in [3.63, 3.8) is 0 Å². The molecule has 0 aliphatic carbocycles. The first-order valence-corrected chi connectivity index (χ1v) is 6.79. The first-order chi connectivity index (χ1) is 8.72. The molecule has 0 aromatic heterocycles. The smallest absolute Gasteiger partial charge is 0.139 e. The van der Waals surface area contributed by atoms with Gasteiger partial charge in [0.15, 0.2) is 0 Å². The molecule has 0 unspecified atom stereocenters. The van der Waals surface area contributed by atoms with Crippen LogP contribution in [0.5, 0.6) is 0 Å². The SMILES string of the molecule is CCCN(c1ccccc1)c1ccc(Br)c(F)c1. The maximum absolute atomic E-state index is 13.6. The van der Waals surface area contributed by atoms with Crippen molar-refractivity contribution < 1.29 is 4.39 Å². The first-order valence-electron chi connectivity index (χ1n) is 6.00. The number of benzene rings is 2. The van der Waals surface area contributed by atoms with E-state index in [9.17, 15) is 4.39 Å². The van der Waals surface area contributed by atoms with Gasteiger partial charge in [0.2, 0.25) is 0 Å². The zero-order valence-electron chi connectivity index (χ0n) is 10.2. The van der Waals surface area contributed by atoms with Gasteiger partial charge in [0.05, 0.1) is 4.47 Å². The third-order valence-electron chi connectivity index (χ3n) is 2.73. The van der Waals surface area contributed by atoms with Crippen LogP contribution in [0.3, 0.4) is 0 Å². The Morgan fingerprint density at radius 1 is 1.06 bits per heavy atom. The van der Waals surface area contributed by atoms with Crippen molar-refractivity contribution in [1.82, 2.24) is 0 Å². The largest absolute Gasteiger partial charge is 0.341 e. The molecule has 94 valence electrons. The van der Waals surface area contributed by atoms with Gasteiger partial charge in [-0.05, 0) is 52.7 Å². The summed E-state index contributed by atoms with van der Waals surface area (Å²) < 4.78 is 14.1. The van der Waals surface area contributed by atoms with Crippen LogP contribution >= 0.6 is 15.9 Å². The monoisotopic (exact) mass is 307 g/mol. The molecule has 0 N–H and O–H groups in total. The summed E-state index contributed by atoms with van der Waals surface area (Å²) in [6.45, 7) is 2.98. The zero-order chi connectivity index (χ0) is 13.0. The Kier molecular flexibility index (Phi) is 4.37. The van der Waals surface area contributed by atoms with E-state index in [1.54, 1.807) is 12.1 Å². The van der Waals surface area contributed by atoms with Crippen LogP contribution in [-0.4, -0.2) is 6.54 Å². The minimum Gasteiger partial charge on any atom is -0.341 e. The Bertz CT molecular complexity index is 513. The van der Waals surface area contributed by atoms with Crippen LogP contribution < -0.4 is 4.90 Å². The van der Waals surface area contributed by atoms with E-state index < -0.39 is 0 Å². The van der Waals surface area contributed by atoms with E-state index in [2.05, 4.69) is 27.8 Å². The van der Waals surface area contributed by atoms with Crippen molar-refractivity contribution in [2.45, 2.75) is 13.3 Å². The van der Waals surface area contributed by atoms with Crippen LogP contribution in [0.2, 0.25) is 0 Å². The lowest BCUT2D eigenvalue weighted by Gasteiger charge is -2.24. The molecule has 0 aliphatic heterocycles. The average molecular weight is 308 g/mol. The van der Waals surface area contributed by atoms with Gasteiger partial charge in [0.1, 0.15) is 5.82 Å². The summed E-state index contributed by atoms with van der Waals surface area (Å²) in [4.78, 5) is 2.12. The summed E-state index contributed by atoms with van der Waals surface area (Å²) in [6, 6.07) is 15.3. The van der Waals surface area contributed by atoms with Gasteiger partial charge in [0.25, 0.3) is 0 Å². The highest BCUT2D eigenvalue weighted by molar-refractivity contribution is 9.10. The van der Waals surface area contributed by atoms with E-state index in [1.807, 2.05) is 36.4 Å². The van der Waals surface area contributed by atoms with Crippen LogP contribution in [0.1, 0.15) is 13.3 Å². The number of anilines is 2. The van der Waals surface area contributed by atoms with Gasteiger partial charge in [-0.25, -0.2) is 4.39 Å². The quantitative estimate of drug-likeness (QED) is 0.756. The molecule has 0 fully saturated rings. The molecule has 0 heterocycles. The lowest BCUT2D eigenvalue weighted by Crippen LogP contribution is -2.17. The van der Waals surface area contributed by atoms with E-state index in [-0.39, 0.29) is 5.82 Å². The molecule has 1 nitrogen and oxygen atoms in total. The van der Waals surface area contributed by atoms with E-state index in [0.29, 0.717) is 4.47 Å². The summed E-state index contributed by atoms with van der Waals surface area (Å²) in [7, 11) is 0. The van der Waals surface area contributed by atoms with Gasteiger partial charge in [-0.2, -0.15) is 0 Å². The fourth-order valence-electron chi connectivity index (χ4n) is 1.89. The summed E-state index contributed by atoms with van der Waals surface area (Å²) in [5, 5.41) is 0. The molecule has 0 radical (unpaired) electrons. The predicted octanol–water partition coefficient (Wildman–Crippen LogP) is 5.14. The van der Waals surface area contributed by atoms with Gasteiger partial charge >= 0.3 is 0 Å². The number of rotatable bonds is 4. The summed E-state index contributed by atoms with van der Waals surface area (Å²) >= 11 is 3.18. The average Bonchev–Trinajstić information content (AvgIpc) is 2.40. The van der Waals surface area contributed by atoms with Crippen molar-refractivity contribution in [1.29, 1.82) is 0 Å². The fraction of sp³-hybridized carbons (Fsp3) is 0.200. The number of nitrogens with zero attached hydrogens (tertiary/aromatic N) is 1. The summed E-state index contributed by atoms with van der Waals surface area (Å²) in [6.07, 6.45) is 1.01. The molecule has 0 aliphatic rings. The summed E-state index contributed by atoms with van der Waals surface area (Å²) in [5.41, 5.74) is 1.96. The third kappa shape index (κ3) is 2.91. The van der Waals surface area contributed by atoms with Gasteiger partial charge in [-0.15, -0.1) is 0 Å². The topological polar surface area (TPSA) is 3.24 Å². The number of halogens is 2. The second kappa shape index (κ2) is 6.01. The third-order valence-corrected chi connectivity index (χ3v) is 3.37. The standard InChI is InChI=1S/C15H15BrFN/c1-2-10-18(12-6-4-3-5-7-12)13-8-9-14(16)15(17)11-13/h3-9,11H,2,10H2,1H3. The van der Waals surface area contributed by atoms with Crippen molar-refractivity contribution in [3.05, 3.63) is 58.8 Å². The normalized spacial score (nSPS) is 10.4. The first kappa shape index (κ1) is 13.1. The molecular weight excluding hydrogens is 293 g/mol. The number of hydrogen-bond donors (Lipinski definition) is 0. The van der Waals surface area contributed by atoms with E-state index in [4.69, 9.17) is 0 Å². The number of hydrogen-bond acceptors (Lipinski definition) is 1. The molecule has 2 rings (SSSR count). The molecule has 3 heteroatoms. The molecule has 0 atom stereocenters. The van der Waals surface area contributed by atoms with Crippen LogP contribution in [-0.2, 0) is 0 Å². The molecule has 0 spiro atoms. The molecule has 0 saturated heterocycles. The van der Waals surface area contributed by atoms with Gasteiger partial charge in [0, 0.05) is 17.9 Å². The van der Waals surface area contributed by atoms with E-state index in [0.717, 1.165) is 24.3 Å². The molecule has 2 aromatic carbocycles. The Balaban J connectivity index is 2.38. The molecule has 0 bridgehead atoms. The molecule has 0 saturated carbocycles. The minimum atomic E-state index is -0.232. The van der Waals surface area contributed by atoms with Crippen molar-refractivity contribution in [2.75, 3.05) is 11.4 Å². The van der Waals surface area contributed by atoms with Crippen LogP contribution in [0, 0.1) is 5.82 Å². The highest BCUT2D eigenvalue weighted by Gasteiger charge is 2.10. The Hall–Kier alpha value is -1.35. The lowest BCUT2D eigenvalue weighted by atomic mass is 10.2. The molecular formula is C15H15BrFN. The lowest BCUT2D eigenvalue weighted by molar-refractivity contribution is 0.620. The molecule has 2 aromatic rings. The minimum absolute atomic E-state index is 0.232. The van der Waals surface area contributed by atoms with Gasteiger partial charge in [-0.3, -0.25) is 0 Å². The predicted molar refractivity (Wildman–Crippen MR) is 77.8 cm³/mol.